The van der Waals surface area contributed by atoms with Gasteiger partial charge in [-0.25, -0.2) is 0 Å². The fourth-order valence-corrected chi connectivity index (χ4v) is 6.49. The SMILES string of the molecule is CC\C=C/C=C/C=C/C=C\C=C\C=C\CCCC(CC(=O)NC(CO)C(O)CCCCCCCCCCC)OC(=O)CCCCC/C=C\C/C=C\C/C=C\C/C=C\C/C=C\CC. The second-order valence-corrected chi connectivity index (χ2v) is 15.9. The molecule has 0 aliphatic carbocycles. The highest BCUT2D eigenvalue weighted by atomic mass is 16.5. The van der Waals surface area contributed by atoms with Crippen LogP contribution in [0.5, 0.6) is 0 Å². The van der Waals surface area contributed by atoms with Crippen LogP contribution in [0, 0.1) is 0 Å². The molecular weight excluding hydrogens is 767 g/mol. The van der Waals surface area contributed by atoms with Crippen LogP contribution in [0.3, 0.4) is 0 Å². The Hall–Kier alpha value is -4.00. The molecule has 6 nitrogen and oxygen atoms in total. The molecule has 0 fully saturated rings. The Labute approximate surface area is 380 Å². The molecule has 3 N–H and O–H groups in total. The maximum absolute atomic E-state index is 13.2. The first-order valence-electron chi connectivity index (χ1n) is 24.5. The number of allylic oxidation sites excluding steroid dienone is 22. The van der Waals surface area contributed by atoms with Crippen molar-refractivity contribution in [3.05, 3.63) is 134 Å². The molecule has 3 atom stereocenters. The van der Waals surface area contributed by atoms with Gasteiger partial charge >= 0.3 is 5.97 Å². The first-order valence-corrected chi connectivity index (χ1v) is 24.5. The van der Waals surface area contributed by atoms with E-state index in [-0.39, 0.29) is 24.9 Å². The summed E-state index contributed by atoms with van der Waals surface area (Å²) in [6.45, 7) is 6.15. The molecule has 0 spiro atoms. The van der Waals surface area contributed by atoms with Gasteiger partial charge < -0.3 is 20.3 Å². The fourth-order valence-electron chi connectivity index (χ4n) is 6.49. The molecule has 348 valence electrons. The molecule has 3 unspecified atom stereocenters. The number of ether oxygens (including phenoxy) is 1. The Balaban J connectivity index is 4.81. The van der Waals surface area contributed by atoms with Gasteiger partial charge in [0.2, 0.25) is 5.91 Å². The van der Waals surface area contributed by atoms with Crippen molar-refractivity contribution in [1.82, 2.24) is 5.32 Å². The van der Waals surface area contributed by atoms with E-state index in [9.17, 15) is 19.8 Å². The lowest BCUT2D eigenvalue weighted by atomic mass is 10.0. The molecule has 0 bridgehead atoms. The molecule has 0 aliphatic rings. The molecule has 0 rings (SSSR count). The minimum Gasteiger partial charge on any atom is -0.462 e. The third-order valence-corrected chi connectivity index (χ3v) is 10.1. The standard InChI is InChI=1S/C56H89NO5/c1-4-7-10-13-16-19-21-23-25-26-27-28-30-32-34-37-40-43-46-49-56(61)62-52(47-44-41-38-36-33-31-29-24-22-20-17-14-11-8-5-2)50-55(60)57-53(51-58)54(59)48-45-42-39-35-18-15-12-9-6-3/h7-8,10-11,14,16-17,19-20,22-25,27-29,31-34,36,38,52-54,58-59H,4-6,9,12-13,15,18,21,26,30,35,37,39-51H2,1-3H3,(H,57,60)/b10-7-,11-8-,17-14+,19-16-,22-20+,25-23-,28-27-,29-24-,33-31+,34-32-,38-36+. The van der Waals surface area contributed by atoms with Crippen LogP contribution in [0.2, 0.25) is 0 Å². The number of esters is 1. The lowest BCUT2D eigenvalue weighted by Crippen LogP contribution is -2.46. The minimum atomic E-state index is -0.821. The first-order chi connectivity index (χ1) is 30.5. The second kappa shape index (κ2) is 48.0. The van der Waals surface area contributed by atoms with Gasteiger partial charge in [-0.05, 0) is 83.5 Å². The molecule has 0 saturated carbocycles. The van der Waals surface area contributed by atoms with E-state index in [0.717, 1.165) is 96.3 Å². The van der Waals surface area contributed by atoms with Crippen molar-refractivity contribution >= 4 is 11.9 Å². The first kappa shape index (κ1) is 58.0. The van der Waals surface area contributed by atoms with E-state index in [4.69, 9.17) is 4.74 Å². The van der Waals surface area contributed by atoms with Gasteiger partial charge in [0, 0.05) is 6.42 Å². The largest absolute Gasteiger partial charge is 0.462 e. The van der Waals surface area contributed by atoms with Crippen molar-refractivity contribution in [2.24, 2.45) is 0 Å². The summed E-state index contributed by atoms with van der Waals surface area (Å²) in [5, 5.41) is 23.6. The topological polar surface area (TPSA) is 95.9 Å². The van der Waals surface area contributed by atoms with E-state index in [1.807, 2.05) is 60.8 Å². The van der Waals surface area contributed by atoms with Crippen molar-refractivity contribution in [2.75, 3.05) is 6.61 Å². The highest BCUT2D eigenvalue weighted by molar-refractivity contribution is 5.77. The van der Waals surface area contributed by atoms with Crippen LogP contribution >= 0.6 is 0 Å². The summed E-state index contributed by atoms with van der Waals surface area (Å²) in [5.41, 5.74) is 0. The number of carbonyl (C=O) groups is 2. The summed E-state index contributed by atoms with van der Waals surface area (Å²) in [7, 11) is 0. The van der Waals surface area contributed by atoms with Crippen LogP contribution < -0.4 is 5.32 Å². The Bertz CT molecular complexity index is 1370. The predicted molar refractivity (Wildman–Crippen MR) is 268 cm³/mol. The van der Waals surface area contributed by atoms with Gasteiger partial charge in [-0.3, -0.25) is 9.59 Å². The molecule has 62 heavy (non-hydrogen) atoms. The molecule has 0 saturated heterocycles. The third-order valence-electron chi connectivity index (χ3n) is 10.1. The normalized spacial score (nSPS) is 14.5. The van der Waals surface area contributed by atoms with E-state index < -0.39 is 18.2 Å². The zero-order chi connectivity index (χ0) is 45.2. The third kappa shape index (κ3) is 42.7. The van der Waals surface area contributed by atoms with E-state index in [1.54, 1.807) is 0 Å². The summed E-state index contributed by atoms with van der Waals surface area (Å²) >= 11 is 0. The summed E-state index contributed by atoms with van der Waals surface area (Å²) < 4.78 is 5.87. The second-order valence-electron chi connectivity index (χ2n) is 15.9. The van der Waals surface area contributed by atoms with Gasteiger partial charge in [0.25, 0.3) is 0 Å². The Morgan fingerprint density at radius 1 is 0.500 bits per heavy atom. The molecule has 0 aromatic heterocycles. The molecule has 0 radical (unpaired) electrons. The molecule has 0 aromatic carbocycles. The van der Waals surface area contributed by atoms with Crippen molar-refractivity contribution in [3.8, 4) is 0 Å². The zero-order valence-electron chi connectivity index (χ0n) is 39.4. The van der Waals surface area contributed by atoms with Crippen molar-refractivity contribution in [3.63, 3.8) is 0 Å². The Morgan fingerprint density at radius 2 is 0.968 bits per heavy atom. The number of rotatable bonds is 41. The zero-order valence-corrected chi connectivity index (χ0v) is 39.4. The number of aliphatic hydroxyl groups is 2. The highest BCUT2D eigenvalue weighted by Crippen LogP contribution is 2.16. The quantitative estimate of drug-likeness (QED) is 0.0246. The van der Waals surface area contributed by atoms with Crippen LogP contribution in [0.1, 0.15) is 181 Å². The summed E-state index contributed by atoms with van der Waals surface area (Å²) in [4.78, 5) is 26.1. The van der Waals surface area contributed by atoms with Crippen LogP contribution in [0.15, 0.2) is 134 Å². The van der Waals surface area contributed by atoms with Gasteiger partial charge in [-0.2, -0.15) is 0 Å². The van der Waals surface area contributed by atoms with Crippen LogP contribution in [0.25, 0.3) is 0 Å². The Kier molecular flexibility index (Phi) is 44.9. The number of hydrogen-bond donors (Lipinski definition) is 3. The lowest BCUT2D eigenvalue weighted by molar-refractivity contribution is -0.151. The number of amides is 1. The summed E-state index contributed by atoms with van der Waals surface area (Å²) in [6, 6.07) is -0.741. The minimum absolute atomic E-state index is 0.00305. The molecule has 0 aromatic rings. The molecular formula is C56H89NO5. The van der Waals surface area contributed by atoms with E-state index in [1.165, 1.54) is 38.5 Å². The van der Waals surface area contributed by atoms with Crippen molar-refractivity contribution in [1.29, 1.82) is 0 Å². The molecule has 0 heterocycles. The van der Waals surface area contributed by atoms with Gasteiger partial charge in [-0.1, -0.05) is 219 Å². The van der Waals surface area contributed by atoms with Gasteiger partial charge in [0.05, 0.1) is 25.2 Å². The average molecular weight is 856 g/mol. The molecule has 6 heteroatoms. The van der Waals surface area contributed by atoms with Crippen LogP contribution in [0.4, 0.5) is 0 Å². The summed E-state index contributed by atoms with van der Waals surface area (Å²) in [5.74, 6) is -0.605. The molecule has 1 amide bonds. The van der Waals surface area contributed by atoms with Gasteiger partial charge in [0.1, 0.15) is 6.10 Å². The Morgan fingerprint density at radius 3 is 1.52 bits per heavy atom. The van der Waals surface area contributed by atoms with Crippen LogP contribution in [-0.2, 0) is 14.3 Å². The van der Waals surface area contributed by atoms with Crippen LogP contribution in [-0.4, -0.2) is 46.9 Å². The number of hydrogen-bond acceptors (Lipinski definition) is 5. The van der Waals surface area contributed by atoms with Crippen molar-refractivity contribution in [2.45, 2.75) is 200 Å². The lowest BCUT2D eigenvalue weighted by Gasteiger charge is -2.24. The maximum Gasteiger partial charge on any atom is 0.306 e. The van der Waals surface area contributed by atoms with Gasteiger partial charge in [-0.15, -0.1) is 0 Å². The fraction of sp³-hybridized carbons (Fsp3) is 0.571. The van der Waals surface area contributed by atoms with Gasteiger partial charge in [0.15, 0.2) is 0 Å². The van der Waals surface area contributed by atoms with E-state index in [2.05, 4.69) is 99.0 Å². The maximum atomic E-state index is 13.2. The number of unbranched alkanes of at least 4 members (excludes halogenated alkanes) is 12. The molecule has 0 aliphatic heterocycles. The average Bonchev–Trinajstić information content (AvgIpc) is 3.26. The van der Waals surface area contributed by atoms with E-state index >= 15 is 0 Å². The predicted octanol–water partition coefficient (Wildman–Crippen LogP) is 14.7. The highest BCUT2D eigenvalue weighted by Gasteiger charge is 2.24. The number of nitrogens with one attached hydrogen (secondary N) is 1. The van der Waals surface area contributed by atoms with Crippen molar-refractivity contribution < 1.29 is 24.5 Å². The number of aliphatic hydroxyl groups excluding tert-OH is 2. The summed E-state index contributed by atoms with van der Waals surface area (Å²) in [6.07, 6.45) is 68.0. The monoisotopic (exact) mass is 856 g/mol. The smallest absolute Gasteiger partial charge is 0.306 e. The van der Waals surface area contributed by atoms with E-state index in [0.29, 0.717) is 19.3 Å². The number of carbonyl (C=O) groups excluding carboxylic acids is 2.